The zero-order chi connectivity index (χ0) is 18.1. The summed E-state index contributed by atoms with van der Waals surface area (Å²) in [6, 6.07) is 3.99. The third kappa shape index (κ3) is 6.59. The van der Waals surface area contributed by atoms with Gasteiger partial charge in [0.2, 0.25) is 0 Å². The molecule has 24 heavy (non-hydrogen) atoms. The maximum Gasteiger partial charge on any atom is 0.387 e. The summed E-state index contributed by atoms with van der Waals surface area (Å²) in [4.78, 5) is 22.8. The Kier molecular flexibility index (Phi) is 7.60. The topological polar surface area (TPSA) is 89.0 Å². The lowest BCUT2D eigenvalue weighted by atomic mass is 10.2. The van der Waals surface area contributed by atoms with Crippen molar-refractivity contribution in [1.82, 2.24) is 10.7 Å². The van der Waals surface area contributed by atoms with Crippen molar-refractivity contribution in [3.8, 4) is 11.5 Å². The molecule has 0 aliphatic heterocycles. The number of hydrazone groups is 1. The molecule has 2 N–H and O–H groups in total. The highest BCUT2D eigenvalue weighted by molar-refractivity contribution is 6.35. The van der Waals surface area contributed by atoms with E-state index in [4.69, 9.17) is 4.74 Å². The normalized spacial score (nSPS) is 11.0. The fraction of sp³-hybridized carbons (Fsp3) is 0.400. The van der Waals surface area contributed by atoms with Crippen LogP contribution in [0.2, 0.25) is 0 Å². The number of hydrogen-bond acceptors (Lipinski definition) is 5. The molecule has 0 fully saturated rings. The summed E-state index contributed by atoms with van der Waals surface area (Å²) in [7, 11) is 0. The van der Waals surface area contributed by atoms with Gasteiger partial charge in [0.05, 0.1) is 12.8 Å². The SMILES string of the molecule is CCOc1cc(/C=N\NC(=O)C(=O)NC(C)C)ccc1OC(F)F. The third-order valence-electron chi connectivity index (χ3n) is 2.49. The van der Waals surface area contributed by atoms with Gasteiger partial charge in [-0.3, -0.25) is 9.59 Å². The van der Waals surface area contributed by atoms with Crippen LogP contribution in [0.5, 0.6) is 11.5 Å². The molecule has 0 bridgehead atoms. The van der Waals surface area contributed by atoms with Crippen LogP contribution in [0.15, 0.2) is 23.3 Å². The quantitative estimate of drug-likeness (QED) is 0.448. The van der Waals surface area contributed by atoms with Crippen molar-refractivity contribution in [2.75, 3.05) is 6.61 Å². The number of nitrogens with zero attached hydrogens (tertiary/aromatic N) is 1. The number of ether oxygens (including phenoxy) is 2. The van der Waals surface area contributed by atoms with Gasteiger partial charge < -0.3 is 14.8 Å². The Hall–Kier alpha value is -2.71. The molecule has 0 atom stereocenters. The van der Waals surface area contributed by atoms with E-state index in [9.17, 15) is 18.4 Å². The van der Waals surface area contributed by atoms with Crippen LogP contribution in [0.1, 0.15) is 26.3 Å². The van der Waals surface area contributed by atoms with Crippen LogP contribution in [0.3, 0.4) is 0 Å². The molecule has 1 aromatic rings. The Balaban J connectivity index is 2.75. The first-order chi connectivity index (χ1) is 11.3. The van der Waals surface area contributed by atoms with E-state index < -0.39 is 18.4 Å². The minimum atomic E-state index is -2.97. The fourth-order valence-corrected chi connectivity index (χ4v) is 1.61. The summed E-state index contributed by atoms with van der Waals surface area (Å²) in [6.07, 6.45) is 1.25. The predicted octanol–water partition coefficient (Wildman–Crippen LogP) is 1.66. The van der Waals surface area contributed by atoms with Crippen molar-refractivity contribution in [3.63, 3.8) is 0 Å². The van der Waals surface area contributed by atoms with Crippen molar-refractivity contribution < 1.29 is 27.8 Å². The highest BCUT2D eigenvalue weighted by atomic mass is 19.3. The number of carbonyl (C=O) groups excluding carboxylic acids is 2. The standard InChI is InChI=1S/C15H19F2N3O4/c1-4-23-12-7-10(5-6-11(12)24-15(16)17)8-18-20-14(22)13(21)19-9(2)3/h5-9,15H,4H2,1-3H3,(H,19,21)(H,20,22)/b18-8-. The number of carbonyl (C=O) groups is 2. The Morgan fingerprint density at radius 3 is 2.54 bits per heavy atom. The summed E-state index contributed by atoms with van der Waals surface area (Å²) in [6.45, 7) is 2.41. The van der Waals surface area contributed by atoms with Gasteiger partial charge >= 0.3 is 18.4 Å². The van der Waals surface area contributed by atoms with Gasteiger partial charge in [-0.1, -0.05) is 0 Å². The number of rotatable bonds is 7. The average Bonchev–Trinajstić information content (AvgIpc) is 2.48. The summed E-state index contributed by atoms with van der Waals surface area (Å²) in [5.74, 6) is -1.71. The van der Waals surface area contributed by atoms with Crippen LogP contribution in [-0.4, -0.2) is 37.3 Å². The van der Waals surface area contributed by atoms with Crippen molar-refractivity contribution >= 4 is 18.0 Å². The lowest BCUT2D eigenvalue weighted by Crippen LogP contribution is -2.41. The van der Waals surface area contributed by atoms with Gasteiger partial charge in [0.1, 0.15) is 0 Å². The minimum absolute atomic E-state index is 0.107. The maximum absolute atomic E-state index is 12.3. The largest absolute Gasteiger partial charge is 0.490 e. The molecule has 0 heterocycles. The number of nitrogens with one attached hydrogen (secondary N) is 2. The van der Waals surface area contributed by atoms with Crippen molar-refractivity contribution in [3.05, 3.63) is 23.8 Å². The lowest BCUT2D eigenvalue weighted by molar-refractivity contribution is -0.139. The Morgan fingerprint density at radius 2 is 1.96 bits per heavy atom. The van der Waals surface area contributed by atoms with Gasteiger partial charge in [0.15, 0.2) is 11.5 Å². The lowest BCUT2D eigenvalue weighted by Gasteiger charge is -2.11. The van der Waals surface area contributed by atoms with Crippen LogP contribution in [-0.2, 0) is 9.59 Å². The molecule has 0 aliphatic rings. The molecule has 1 rings (SSSR count). The Bertz CT molecular complexity index is 606. The van der Waals surface area contributed by atoms with E-state index in [1.54, 1.807) is 20.8 Å². The Morgan fingerprint density at radius 1 is 1.25 bits per heavy atom. The summed E-state index contributed by atoms with van der Waals surface area (Å²) in [5, 5.41) is 6.04. The van der Waals surface area contributed by atoms with Gasteiger partial charge in [-0.2, -0.15) is 13.9 Å². The smallest absolute Gasteiger partial charge is 0.387 e. The minimum Gasteiger partial charge on any atom is -0.490 e. The van der Waals surface area contributed by atoms with E-state index in [1.165, 1.54) is 24.4 Å². The first kappa shape index (κ1) is 19.3. The van der Waals surface area contributed by atoms with Crippen molar-refractivity contribution in [2.24, 2.45) is 5.10 Å². The van der Waals surface area contributed by atoms with Crippen molar-refractivity contribution in [2.45, 2.75) is 33.4 Å². The molecular formula is C15H19F2N3O4. The van der Waals surface area contributed by atoms with E-state index in [0.717, 1.165) is 0 Å². The maximum atomic E-state index is 12.3. The molecule has 1 aromatic carbocycles. The molecule has 132 valence electrons. The number of hydrogen-bond donors (Lipinski definition) is 2. The fourth-order valence-electron chi connectivity index (χ4n) is 1.61. The second-order valence-corrected chi connectivity index (χ2v) is 4.84. The number of halogens is 2. The highest BCUT2D eigenvalue weighted by Gasteiger charge is 2.13. The average molecular weight is 343 g/mol. The van der Waals surface area contributed by atoms with E-state index in [2.05, 4.69) is 20.6 Å². The van der Waals surface area contributed by atoms with Gasteiger partial charge in [-0.25, -0.2) is 5.43 Å². The molecule has 0 saturated carbocycles. The number of alkyl halides is 2. The van der Waals surface area contributed by atoms with Crippen LogP contribution < -0.4 is 20.2 Å². The Labute approximate surface area is 138 Å². The molecule has 0 spiro atoms. The molecule has 7 nitrogen and oxygen atoms in total. The summed E-state index contributed by atoms with van der Waals surface area (Å²) < 4.78 is 34.2. The summed E-state index contributed by atoms with van der Waals surface area (Å²) in [5.41, 5.74) is 2.52. The van der Waals surface area contributed by atoms with Crippen LogP contribution in [0, 0.1) is 0 Å². The molecule has 0 radical (unpaired) electrons. The zero-order valence-corrected chi connectivity index (χ0v) is 13.5. The van der Waals surface area contributed by atoms with E-state index in [0.29, 0.717) is 5.56 Å². The molecule has 0 aromatic heterocycles. The molecule has 0 aliphatic carbocycles. The molecule has 9 heteroatoms. The second kappa shape index (κ2) is 9.43. The van der Waals surface area contributed by atoms with Crippen LogP contribution in [0.25, 0.3) is 0 Å². The van der Waals surface area contributed by atoms with Gasteiger partial charge in [-0.15, -0.1) is 0 Å². The van der Waals surface area contributed by atoms with Crippen molar-refractivity contribution in [1.29, 1.82) is 0 Å². The van der Waals surface area contributed by atoms with Gasteiger partial charge in [0, 0.05) is 6.04 Å². The van der Waals surface area contributed by atoms with Gasteiger partial charge in [-0.05, 0) is 44.5 Å². The highest BCUT2D eigenvalue weighted by Crippen LogP contribution is 2.29. The molecule has 0 unspecified atom stereocenters. The zero-order valence-electron chi connectivity index (χ0n) is 13.5. The summed E-state index contributed by atoms with van der Waals surface area (Å²) >= 11 is 0. The van der Waals surface area contributed by atoms with E-state index in [-0.39, 0.29) is 24.1 Å². The molecule has 2 amide bonds. The van der Waals surface area contributed by atoms with E-state index >= 15 is 0 Å². The number of benzene rings is 1. The molecule has 0 saturated heterocycles. The number of amides is 2. The monoisotopic (exact) mass is 343 g/mol. The van der Waals surface area contributed by atoms with Gasteiger partial charge in [0.25, 0.3) is 0 Å². The second-order valence-electron chi connectivity index (χ2n) is 4.84. The van der Waals surface area contributed by atoms with E-state index in [1.807, 2.05) is 0 Å². The first-order valence-electron chi connectivity index (χ1n) is 7.19. The third-order valence-corrected chi connectivity index (χ3v) is 2.49. The molecular weight excluding hydrogens is 324 g/mol. The van der Waals surface area contributed by atoms with Crippen LogP contribution >= 0.6 is 0 Å². The predicted molar refractivity (Wildman–Crippen MR) is 83.3 cm³/mol. The van der Waals surface area contributed by atoms with Crippen LogP contribution in [0.4, 0.5) is 8.78 Å². The first-order valence-corrected chi connectivity index (χ1v) is 7.19.